The molecule has 0 unspecified atom stereocenters. The number of likely N-dealkylation sites (N-methyl/N-ethyl adjacent to an activating group) is 1. The van der Waals surface area contributed by atoms with Gasteiger partial charge in [-0.25, -0.2) is 0 Å². The third-order valence-corrected chi connectivity index (χ3v) is 3.60. The van der Waals surface area contributed by atoms with Crippen LogP contribution in [0.2, 0.25) is 0 Å². The SMILES string of the molecule is CN1CCCN(C(=O)c2ccc([N+](=O)[O-])c(NN)c2)CC1. The summed E-state index contributed by atoms with van der Waals surface area (Å²) in [4.78, 5) is 26.7. The standard InChI is InChI=1S/C13H19N5O3/c1-16-5-2-6-17(8-7-16)13(19)10-3-4-12(18(20)21)11(9-10)15-14/h3-4,9,15H,2,5-8,14H2,1H3. The van der Waals surface area contributed by atoms with E-state index in [4.69, 9.17) is 5.84 Å². The number of nitrogens with one attached hydrogen (secondary N) is 1. The Hall–Kier alpha value is -2.19. The van der Waals surface area contributed by atoms with Crippen molar-refractivity contribution in [2.45, 2.75) is 6.42 Å². The number of nitro groups is 1. The minimum absolute atomic E-state index is 0.128. The minimum Gasteiger partial charge on any atom is -0.337 e. The molecule has 114 valence electrons. The van der Waals surface area contributed by atoms with E-state index in [1.54, 1.807) is 4.90 Å². The second-order valence-corrected chi connectivity index (χ2v) is 5.08. The van der Waals surface area contributed by atoms with Crippen LogP contribution in [0.4, 0.5) is 11.4 Å². The van der Waals surface area contributed by atoms with Gasteiger partial charge in [0, 0.05) is 31.3 Å². The van der Waals surface area contributed by atoms with E-state index in [9.17, 15) is 14.9 Å². The van der Waals surface area contributed by atoms with E-state index >= 15 is 0 Å². The number of nitrogens with zero attached hydrogens (tertiary/aromatic N) is 3. The van der Waals surface area contributed by atoms with Gasteiger partial charge in [-0.15, -0.1) is 0 Å². The lowest BCUT2D eigenvalue weighted by Crippen LogP contribution is -2.34. The summed E-state index contributed by atoms with van der Waals surface area (Å²) in [7, 11) is 2.02. The summed E-state index contributed by atoms with van der Waals surface area (Å²) in [6.45, 7) is 3.11. The smallest absolute Gasteiger partial charge is 0.293 e. The average molecular weight is 293 g/mol. The molecule has 0 bridgehead atoms. The number of nitro benzene ring substituents is 1. The van der Waals surface area contributed by atoms with Gasteiger partial charge in [-0.2, -0.15) is 0 Å². The molecule has 1 aromatic rings. The van der Waals surface area contributed by atoms with Gasteiger partial charge in [-0.1, -0.05) is 0 Å². The molecular formula is C13H19N5O3. The molecule has 0 spiro atoms. The van der Waals surface area contributed by atoms with Crippen LogP contribution >= 0.6 is 0 Å². The van der Waals surface area contributed by atoms with Gasteiger partial charge >= 0.3 is 0 Å². The monoisotopic (exact) mass is 293 g/mol. The molecule has 0 aromatic heterocycles. The zero-order chi connectivity index (χ0) is 15.4. The molecule has 0 aliphatic carbocycles. The second-order valence-electron chi connectivity index (χ2n) is 5.08. The highest BCUT2D eigenvalue weighted by atomic mass is 16.6. The van der Waals surface area contributed by atoms with E-state index in [0.717, 1.165) is 19.5 Å². The number of rotatable bonds is 3. The van der Waals surface area contributed by atoms with Gasteiger partial charge in [0.25, 0.3) is 11.6 Å². The topological polar surface area (TPSA) is 105 Å². The van der Waals surface area contributed by atoms with Crippen molar-refractivity contribution in [2.24, 2.45) is 5.84 Å². The quantitative estimate of drug-likeness (QED) is 0.482. The molecule has 1 aliphatic heterocycles. The van der Waals surface area contributed by atoms with E-state index < -0.39 is 4.92 Å². The molecule has 1 heterocycles. The van der Waals surface area contributed by atoms with Crippen LogP contribution in [0.15, 0.2) is 18.2 Å². The molecule has 1 fully saturated rings. The van der Waals surface area contributed by atoms with Gasteiger partial charge in [0.2, 0.25) is 0 Å². The Balaban J connectivity index is 2.21. The number of nitrogens with two attached hydrogens (primary N) is 1. The molecule has 0 saturated carbocycles. The highest BCUT2D eigenvalue weighted by molar-refractivity contribution is 5.96. The van der Waals surface area contributed by atoms with Gasteiger partial charge in [0.1, 0.15) is 5.69 Å². The summed E-state index contributed by atoms with van der Waals surface area (Å²) < 4.78 is 0. The fourth-order valence-corrected chi connectivity index (χ4v) is 2.38. The van der Waals surface area contributed by atoms with E-state index in [2.05, 4.69) is 10.3 Å². The lowest BCUT2D eigenvalue weighted by molar-refractivity contribution is -0.384. The molecule has 2 rings (SSSR count). The van der Waals surface area contributed by atoms with Crippen molar-refractivity contribution in [3.63, 3.8) is 0 Å². The molecule has 8 heteroatoms. The lowest BCUT2D eigenvalue weighted by atomic mass is 10.1. The molecule has 1 amide bonds. The van der Waals surface area contributed by atoms with E-state index in [-0.39, 0.29) is 17.3 Å². The molecule has 21 heavy (non-hydrogen) atoms. The first-order valence-electron chi connectivity index (χ1n) is 6.76. The first-order valence-corrected chi connectivity index (χ1v) is 6.76. The molecule has 3 N–H and O–H groups in total. The van der Waals surface area contributed by atoms with Gasteiger partial charge in [-0.3, -0.25) is 20.8 Å². The van der Waals surface area contributed by atoms with Crippen LogP contribution in [0, 0.1) is 10.1 Å². The molecule has 1 aliphatic rings. The first kappa shape index (κ1) is 15.2. The van der Waals surface area contributed by atoms with Gasteiger partial charge in [0.05, 0.1) is 4.92 Å². The zero-order valence-electron chi connectivity index (χ0n) is 11.9. The number of hydrazine groups is 1. The molecule has 1 aromatic carbocycles. The fourth-order valence-electron chi connectivity index (χ4n) is 2.38. The Bertz CT molecular complexity index is 549. The van der Waals surface area contributed by atoms with Crippen LogP contribution in [-0.2, 0) is 0 Å². The Morgan fingerprint density at radius 1 is 1.33 bits per heavy atom. The lowest BCUT2D eigenvalue weighted by Gasteiger charge is -2.20. The summed E-state index contributed by atoms with van der Waals surface area (Å²) in [5, 5.41) is 10.9. The fraction of sp³-hybridized carbons (Fsp3) is 0.462. The average Bonchev–Trinajstić information content (AvgIpc) is 2.70. The third-order valence-electron chi connectivity index (χ3n) is 3.60. The molecule has 8 nitrogen and oxygen atoms in total. The molecule has 0 radical (unpaired) electrons. The van der Waals surface area contributed by atoms with Crippen LogP contribution < -0.4 is 11.3 Å². The van der Waals surface area contributed by atoms with E-state index in [1.807, 2.05) is 7.05 Å². The number of anilines is 1. The first-order chi connectivity index (χ1) is 10.0. The Labute approximate surface area is 122 Å². The molecular weight excluding hydrogens is 274 g/mol. The van der Waals surface area contributed by atoms with Crippen LogP contribution in [0.1, 0.15) is 16.8 Å². The van der Waals surface area contributed by atoms with Crippen molar-refractivity contribution in [2.75, 3.05) is 38.7 Å². The number of benzene rings is 1. The van der Waals surface area contributed by atoms with Crippen molar-refractivity contribution in [1.82, 2.24) is 9.80 Å². The largest absolute Gasteiger partial charge is 0.337 e. The van der Waals surface area contributed by atoms with Crippen molar-refractivity contribution >= 4 is 17.3 Å². The second kappa shape index (κ2) is 6.51. The normalized spacial score (nSPS) is 16.4. The number of hydrogen-bond acceptors (Lipinski definition) is 6. The minimum atomic E-state index is -0.537. The van der Waals surface area contributed by atoms with E-state index in [0.29, 0.717) is 18.7 Å². The highest BCUT2D eigenvalue weighted by Gasteiger charge is 2.21. The van der Waals surface area contributed by atoms with Crippen molar-refractivity contribution < 1.29 is 9.72 Å². The highest BCUT2D eigenvalue weighted by Crippen LogP contribution is 2.25. The maximum atomic E-state index is 12.5. The zero-order valence-corrected chi connectivity index (χ0v) is 11.9. The molecule has 1 saturated heterocycles. The van der Waals surface area contributed by atoms with Crippen LogP contribution in [0.3, 0.4) is 0 Å². The predicted molar refractivity (Wildman–Crippen MR) is 78.9 cm³/mol. The van der Waals surface area contributed by atoms with Gasteiger partial charge < -0.3 is 15.2 Å². The predicted octanol–water partition coefficient (Wildman–Crippen LogP) is 0.658. The molecule has 0 atom stereocenters. The summed E-state index contributed by atoms with van der Waals surface area (Å²) in [5.41, 5.74) is 2.66. The number of hydrogen-bond donors (Lipinski definition) is 2. The van der Waals surface area contributed by atoms with Crippen LogP contribution in [0.5, 0.6) is 0 Å². The van der Waals surface area contributed by atoms with Crippen LogP contribution in [0.25, 0.3) is 0 Å². The number of carbonyl (C=O) groups excluding carboxylic acids is 1. The summed E-state index contributed by atoms with van der Waals surface area (Å²) in [6, 6.07) is 4.19. The van der Waals surface area contributed by atoms with Crippen molar-refractivity contribution in [3.8, 4) is 0 Å². The Kier molecular flexibility index (Phi) is 4.71. The van der Waals surface area contributed by atoms with Crippen LogP contribution in [-0.4, -0.2) is 53.9 Å². The maximum absolute atomic E-state index is 12.5. The number of amides is 1. The summed E-state index contributed by atoms with van der Waals surface area (Å²) in [5.74, 6) is 5.17. The number of nitrogen functional groups attached to an aromatic ring is 1. The third kappa shape index (κ3) is 3.47. The van der Waals surface area contributed by atoms with Crippen molar-refractivity contribution in [3.05, 3.63) is 33.9 Å². The number of carbonyl (C=O) groups is 1. The van der Waals surface area contributed by atoms with Gasteiger partial charge in [-0.05, 0) is 32.1 Å². The summed E-state index contributed by atoms with van der Waals surface area (Å²) in [6.07, 6.45) is 0.914. The Morgan fingerprint density at radius 3 is 2.76 bits per heavy atom. The van der Waals surface area contributed by atoms with Gasteiger partial charge in [0.15, 0.2) is 0 Å². The maximum Gasteiger partial charge on any atom is 0.293 e. The summed E-state index contributed by atoms with van der Waals surface area (Å²) >= 11 is 0. The van der Waals surface area contributed by atoms with E-state index in [1.165, 1.54) is 18.2 Å². The van der Waals surface area contributed by atoms with Crippen molar-refractivity contribution in [1.29, 1.82) is 0 Å². The Morgan fingerprint density at radius 2 is 2.10 bits per heavy atom.